The van der Waals surface area contributed by atoms with Crippen LogP contribution in [0.2, 0.25) is 0 Å². The summed E-state index contributed by atoms with van der Waals surface area (Å²) in [4.78, 5) is 12.3. The molecular weight excluding hydrogens is 540 g/mol. The minimum atomic E-state index is -0.470. The Balaban J connectivity index is 3.06. The SMILES string of the molecule is O=C(OCCCCO)c1cc(OCCBr)c(OCCBr)c(OCCBr)c1. The lowest BCUT2D eigenvalue weighted by Gasteiger charge is -2.17. The molecule has 0 saturated carbocycles. The predicted octanol–water partition coefficient (Wildman–Crippen LogP) is 3.94. The van der Waals surface area contributed by atoms with Crippen LogP contribution in [0, 0.1) is 0 Å². The van der Waals surface area contributed by atoms with Gasteiger partial charge in [-0.2, -0.15) is 0 Å². The number of unbranched alkanes of at least 4 members (excludes halogenated alkanes) is 1. The maximum atomic E-state index is 12.3. The highest BCUT2D eigenvalue weighted by Crippen LogP contribution is 2.39. The lowest BCUT2D eigenvalue weighted by molar-refractivity contribution is 0.0491. The molecule has 0 aliphatic heterocycles. The van der Waals surface area contributed by atoms with Crippen molar-refractivity contribution < 1.29 is 28.8 Å². The molecule has 9 heteroatoms. The molecule has 0 aliphatic rings. The van der Waals surface area contributed by atoms with Gasteiger partial charge in [0.1, 0.15) is 0 Å². The molecule has 0 bridgehead atoms. The van der Waals surface area contributed by atoms with E-state index in [-0.39, 0.29) is 13.2 Å². The quantitative estimate of drug-likeness (QED) is 0.210. The van der Waals surface area contributed by atoms with Crippen LogP contribution in [0.15, 0.2) is 12.1 Å². The molecule has 0 aliphatic carbocycles. The van der Waals surface area contributed by atoms with Crippen LogP contribution in [0.1, 0.15) is 23.2 Å². The zero-order valence-electron chi connectivity index (χ0n) is 14.3. The Labute approximate surface area is 178 Å². The van der Waals surface area contributed by atoms with Gasteiger partial charge in [-0.15, -0.1) is 0 Å². The first-order valence-corrected chi connectivity index (χ1v) is 11.6. The smallest absolute Gasteiger partial charge is 0.338 e. The number of hydrogen-bond donors (Lipinski definition) is 1. The lowest BCUT2D eigenvalue weighted by Crippen LogP contribution is -2.11. The number of halogens is 3. The van der Waals surface area contributed by atoms with E-state index < -0.39 is 5.97 Å². The third kappa shape index (κ3) is 8.45. The second kappa shape index (κ2) is 14.5. The molecular formula is C17H23Br3O6. The standard InChI is InChI=1S/C17H23Br3O6/c18-3-8-23-14-11-13(17(22)26-7-2-1-6-21)12-15(24-9-4-19)16(14)25-10-5-20/h11-12,21H,1-10H2. The Morgan fingerprint density at radius 1 is 0.846 bits per heavy atom. The number of aliphatic hydroxyl groups excluding tert-OH is 1. The van der Waals surface area contributed by atoms with Gasteiger partial charge in [0, 0.05) is 22.6 Å². The molecule has 1 N–H and O–H groups in total. The molecule has 0 fully saturated rings. The summed E-state index contributed by atoms with van der Waals surface area (Å²) in [5, 5.41) is 10.7. The summed E-state index contributed by atoms with van der Waals surface area (Å²) in [6.07, 6.45) is 1.19. The molecule has 0 atom stereocenters. The molecule has 0 amide bonds. The van der Waals surface area contributed by atoms with Crippen molar-refractivity contribution in [2.24, 2.45) is 0 Å². The molecule has 1 aromatic rings. The van der Waals surface area contributed by atoms with Gasteiger partial charge >= 0.3 is 5.97 Å². The lowest BCUT2D eigenvalue weighted by atomic mass is 10.2. The van der Waals surface area contributed by atoms with Crippen LogP contribution in [0.3, 0.4) is 0 Å². The minimum absolute atomic E-state index is 0.0756. The molecule has 0 saturated heterocycles. The van der Waals surface area contributed by atoms with Gasteiger partial charge in [-0.25, -0.2) is 4.79 Å². The molecule has 0 unspecified atom stereocenters. The zero-order chi connectivity index (χ0) is 19.2. The fraction of sp³-hybridized carbons (Fsp3) is 0.588. The molecule has 148 valence electrons. The predicted molar refractivity (Wildman–Crippen MR) is 111 cm³/mol. The normalized spacial score (nSPS) is 10.5. The van der Waals surface area contributed by atoms with Crippen LogP contribution >= 0.6 is 47.8 Å². The summed E-state index contributed by atoms with van der Waals surface area (Å²) in [6.45, 7) is 1.58. The summed E-state index contributed by atoms with van der Waals surface area (Å²) < 4.78 is 22.4. The van der Waals surface area contributed by atoms with Gasteiger partial charge in [-0.3, -0.25) is 0 Å². The Kier molecular flexibility index (Phi) is 13.2. The van der Waals surface area contributed by atoms with Gasteiger partial charge in [-0.05, 0) is 25.0 Å². The number of carbonyl (C=O) groups excluding carboxylic acids is 1. The second-order valence-electron chi connectivity index (χ2n) is 4.98. The maximum Gasteiger partial charge on any atom is 0.338 e. The van der Waals surface area contributed by atoms with Crippen LogP contribution in [-0.2, 0) is 4.74 Å². The highest BCUT2D eigenvalue weighted by atomic mass is 79.9. The van der Waals surface area contributed by atoms with E-state index in [1.54, 1.807) is 12.1 Å². The largest absolute Gasteiger partial charge is 0.489 e. The molecule has 0 aromatic heterocycles. The fourth-order valence-corrected chi connectivity index (χ4v) is 2.44. The minimum Gasteiger partial charge on any atom is -0.489 e. The fourth-order valence-electron chi connectivity index (χ4n) is 1.95. The van der Waals surface area contributed by atoms with Gasteiger partial charge in [0.15, 0.2) is 11.5 Å². The Bertz CT molecular complexity index is 512. The third-order valence-electron chi connectivity index (χ3n) is 3.04. The number of aliphatic hydroxyl groups is 1. The molecule has 0 heterocycles. The van der Waals surface area contributed by atoms with Crippen LogP contribution in [0.25, 0.3) is 0 Å². The number of hydrogen-bond acceptors (Lipinski definition) is 6. The summed E-state index contributed by atoms with van der Waals surface area (Å²) >= 11 is 9.96. The number of alkyl halides is 3. The molecule has 0 radical (unpaired) electrons. The molecule has 0 spiro atoms. The Morgan fingerprint density at radius 2 is 1.38 bits per heavy atom. The van der Waals surface area contributed by atoms with Gasteiger partial charge in [0.25, 0.3) is 0 Å². The number of rotatable bonds is 14. The first-order chi connectivity index (χ1) is 12.7. The van der Waals surface area contributed by atoms with E-state index in [0.29, 0.717) is 71.5 Å². The maximum absolute atomic E-state index is 12.3. The van der Waals surface area contributed by atoms with Crippen LogP contribution < -0.4 is 14.2 Å². The highest BCUT2D eigenvalue weighted by molar-refractivity contribution is 9.09. The summed E-state index contributed by atoms with van der Waals surface area (Å²) in [7, 11) is 0. The van der Waals surface area contributed by atoms with E-state index in [1.807, 2.05) is 0 Å². The van der Waals surface area contributed by atoms with E-state index in [0.717, 1.165) is 0 Å². The van der Waals surface area contributed by atoms with Gasteiger partial charge in [-0.1, -0.05) is 47.8 Å². The first-order valence-electron chi connectivity index (χ1n) is 8.20. The van der Waals surface area contributed by atoms with Crippen LogP contribution in [-0.4, -0.2) is 60.1 Å². The van der Waals surface area contributed by atoms with Crippen molar-refractivity contribution in [3.8, 4) is 17.2 Å². The summed E-state index contributed by atoms with van der Waals surface area (Å²) in [5.74, 6) is 0.852. The van der Waals surface area contributed by atoms with Gasteiger partial charge in [0.05, 0.1) is 32.0 Å². The van der Waals surface area contributed by atoms with E-state index in [1.165, 1.54) is 0 Å². The summed E-state index contributed by atoms with van der Waals surface area (Å²) in [6, 6.07) is 3.20. The average molecular weight is 563 g/mol. The topological polar surface area (TPSA) is 74.2 Å². The average Bonchev–Trinajstić information content (AvgIpc) is 2.66. The van der Waals surface area contributed by atoms with Gasteiger partial charge in [0.2, 0.25) is 5.75 Å². The number of carbonyl (C=O) groups is 1. The molecule has 6 nitrogen and oxygen atoms in total. The molecule has 1 aromatic carbocycles. The van der Waals surface area contributed by atoms with E-state index in [4.69, 9.17) is 24.1 Å². The van der Waals surface area contributed by atoms with Crippen molar-refractivity contribution in [2.75, 3.05) is 49.0 Å². The number of ether oxygens (including phenoxy) is 4. The monoisotopic (exact) mass is 560 g/mol. The van der Waals surface area contributed by atoms with E-state index >= 15 is 0 Å². The zero-order valence-corrected chi connectivity index (χ0v) is 19.1. The highest BCUT2D eigenvalue weighted by Gasteiger charge is 2.19. The second-order valence-corrected chi connectivity index (χ2v) is 7.36. The van der Waals surface area contributed by atoms with E-state index in [2.05, 4.69) is 47.8 Å². The van der Waals surface area contributed by atoms with Crippen molar-refractivity contribution in [1.82, 2.24) is 0 Å². The van der Waals surface area contributed by atoms with Crippen LogP contribution in [0.5, 0.6) is 17.2 Å². The Hall–Kier alpha value is -0.510. The molecule has 26 heavy (non-hydrogen) atoms. The molecule has 1 rings (SSSR count). The summed E-state index contributed by atoms with van der Waals surface area (Å²) in [5.41, 5.74) is 0.328. The van der Waals surface area contributed by atoms with Crippen molar-refractivity contribution in [2.45, 2.75) is 12.8 Å². The number of benzene rings is 1. The van der Waals surface area contributed by atoms with Crippen molar-refractivity contribution >= 4 is 53.8 Å². The van der Waals surface area contributed by atoms with E-state index in [9.17, 15) is 4.79 Å². The van der Waals surface area contributed by atoms with Gasteiger partial charge < -0.3 is 24.1 Å². The Morgan fingerprint density at radius 3 is 1.88 bits per heavy atom. The first kappa shape index (κ1) is 23.5. The van der Waals surface area contributed by atoms with Crippen molar-refractivity contribution in [3.05, 3.63) is 17.7 Å². The van der Waals surface area contributed by atoms with Crippen molar-refractivity contribution in [1.29, 1.82) is 0 Å². The van der Waals surface area contributed by atoms with Crippen molar-refractivity contribution in [3.63, 3.8) is 0 Å². The third-order valence-corrected chi connectivity index (χ3v) is 4.01. The number of esters is 1. The van der Waals surface area contributed by atoms with Crippen LogP contribution in [0.4, 0.5) is 0 Å².